The molecule has 4 rings (SSSR count). The lowest BCUT2D eigenvalue weighted by molar-refractivity contribution is -0.136. The van der Waals surface area contributed by atoms with Crippen LogP contribution in [0.15, 0.2) is 48.5 Å². The van der Waals surface area contributed by atoms with Crippen LogP contribution >= 0.6 is 11.3 Å². The number of hydrogen-bond donors (Lipinski definition) is 1. The highest BCUT2D eigenvalue weighted by Gasteiger charge is 2.26. The molecule has 29 heavy (non-hydrogen) atoms. The van der Waals surface area contributed by atoms with Gasteiger partial charge in [-0.2, -0.15) is 0 Å². The molecular formula is C23H26N2O3S. The Balaban J connectivity index is 1.64. The Morgan fingerprint density at radius 1 is 1.24 bits per heavy atom. The zero-order valence-electron chi connectivity index (χ0n) is 16.6. The Bertz CT molecular complexity index is 946. The summed E-state index contributed by atoms with van der Waals surface area (Å²) in [5.41, 5.74) is 3.06. The second-order valence-corrected chi connectivity index (χ2v) is 8.74. The van der Waals surface area contributed by atoms with Crippen molar-refractivity contribution in [2.24, 2.45) is 0 Å². The number of nitrogens with zero attached hydrogens (tertiary/aromatic N) is 2. The number of thiazole rings is 1. The summed E-state index contributed by atoms with van der Waals surface area (Å²) in [6.07, 6.45) is 2.64. The van der Waals surface area contributed by atoms with E-state index in [1.54, 1.807) is 11.3 Å². The van der Waals surface area contributed by atoms with Crippen molar-refractivity contribution in [2.75, 3.05) is 20.1 Å². The van der Waals surface area contributed by atoms with Crippen LogP contribution in [0.25, 0.3) is 10.2 Å². The molecule has 152 valence electrons. The molecule has 3 aromatic rings. The van der Waals surface area contributed by atoms with Gasteiger partial charge < -0.3 is 14.7 Å². The molecule has 1 unspecified atom stereocenters. The Morgan fingerprint density at radius 3 is 2.79 bits per heavy atom. The predicted molar refractivity (Wildman–Crippen MR) is 115 cm³/mol. The lowest BCUT2D eigenvalue weighted by Gasteiger charge is -2.31. The molecule has 1 fully saturated rings. The van der Waals surface area contributed by atoms with Gasteiger partial charge >= 0.3 is 5.97 Å². The topological polar surface area (TPSA) is 62.7 Å². The van der Waals surface area contributed by atoms with Gasteiger partial charge in [0.1, 0.15) is 11.1 Å². The number of benzene rings is 2. The summed E-state index contributed by atoms with van der Waals surface area (Å²) in [5, 5.41) is 9.97. The van der Waals surface area contributed by atoms with Gasteiger partial charge in [0.2, 0.25) is 0 Å². The van der Waals surface area contributed by atoms with Crippen molar-refractivity contribution in [1.29, 1.82) is 0 Å². The second kappa shape index (κ2) is 9.03. The van der Waals surface area contributed by atoms with E-state index in [0.29, 0.717) is 6.42 Å². The fourth-order valence-corrected chi connectivity index (χ4v) is 4.79. The number of likely N-dealkylation sites (tertiary alicyclic amines) is 1. The molecule has 0 aliphatic carbocycles. The van der Waals surface area contributed by atoms with Crippen molar-refractivity contribution in [3.63, 3.8) is 0 Å². The fourth-order valence-electron chi connectivity index (χ4n) is 3.76. The molecule has 1 aliphatic rings. The number of ether oxygens (including phenoxy) is 1. The van der Waals surface area contributed by atoms with E-state index in [4.69, 9.17) is 14.8 Å². The molecule has 1 aromatic heterocycles. The van der Waals surface area contributed by atoms with Gasteiger partial charge in [-0.1, -0.05) is 36.4 Å². The number of piperidine rings is 1. The predicted octanol–water partition coefficient (Wildman–Crippen LogP) is 4.51. The van der Waals surface area contributed by atoms with E-state index in [1.807, 2.05) is 30.3 Å². The highest BCUT2D eigenvalue weighted by Crippen LogP contribution is 2.35. The lowest BCUT2D eigenvalue weighted by Crippen LogP contribution is -2.35. The van der Waals surface area contributed by atoms with Crippen LogP contribution in [-0.4, -0.2) is 47.2 Å². The van der Waals surface area contributed by atoms with Gasteiger partial charge in [0.05, 0.1) is 16.3 Å². The Morgan fingerprint density at radius 2 is 2.03 bits per heavy atom. The van der Waals surface area contributed by atoms with Crippen molar-refractivity contribution in [2.45, 2.75) is 37.9 Å². The number of carboxylic acids is 1. The van der Waals surface area contributed by atoms with Crippen LogP contribution in [-0.2, 0) is 16.0 Å². The minimum absolute atomic E-state index is 0.130. The number of carbonyl (C=O) groups is 1. The van der Waals surface area contributed by atoms with Gasteiger partial charge in [0.15, 0.2) is 0 Å². The molecular weight excluding hydrogens is 384 g/mol. The molecule has 5 nitrogen and oxygen atoms in total. The Hall–Kier alpha value is -2.28. The molecule has 0 spiro atoms. The zero-order valence-corrected chi connectivity index (χ0v) is 17.4. The first-order valence-corrected chi connectivity index (χ1v) is 10.9. The van der Waals surface area contributed by atoms with Crippen LogP contribution < -0.4 is 0 Å². The minimum Gasteiger partial charge on any atom is -0.481 e. The number of aromatic nitrogens is 1. The SMILES string of the molecule is CN1CCC(OC(c2cccc(CCC(=O)O)c2)c2nc3ccccc3s2)CC1. The molecule has 1 atom stereocenters. The van der Waals surface area contributed by atoms with E-state index in [1.165, 1.54) is 0 Å². The van der Waals surface area contributed by atoms with Crippen molar-refractivity contribution >= 4 is 27.5 Å². The first-order chi connectivity index (χ1) is 14.1. The summed E-state index contributed by atoms with van der Waals surface area (Å²) in [7, 11) is 2.15. The number of aryl methyl sites for hydroxylation is 1. The summed E-state index contributed by atoms with van der Waals surface area (Å²) in [5.74, 6) is -0.777. The van der Waals surface area contributed by atoms with Crippen LogP contribution in [0, 0.1) is 0 Å². The van der Waals surface area contributed by atoms with E-state index < -0.39 is 5.97 Å². The smallest absolute Gasteiger partial charge is 0.303 e. The Labute approximate surface area is 175 Å². The third kappa shape index (κ3) is 5.01. The minimum atomic E-state index is -0.777. The Kier molecular flexibility index (Phi) is 6.23. The summed E-state index contributed by atoms with van der Waals surface area (Å²) >= 11 is 1.67. The highest BCUT2D eigenvalue weighted by atomic mass is 32.1. The molecule has 2 aromatic carbocycles. The molecule has 0 amide bonds. The van der Waals surface area contributed by atoms with E-state index in [9.17, 15) is 4.79 Å². The highest BCUT2D eigenvalue weighted by molar-refractivity contribution is 7.18. The first kappa shape index (κ1) is 20.0. The second-order valence-electron chi connectivity index (χ2n) is 7.68. The van der Waals surface area contributed by atoms with Crippen molar-refractivity contribution in [3.8, 4) is 0 Å². The van der Waals surface area contributed by atoms with Crippen molar-refractivity contribution in [1.82, 2.24) is 9.88 Å². The van der Waals surface area contributed by atoms with E-state index in [-0.39, 0.29) is 18.6 Å². The van der Waals surface area contributed by atoms with Gasteiger partial charge in [-0.3, -0.25) is 4.79 Å². The number of hydrogen-bond acceptors (Lipinski definition) is 5. The molecule has 1 saturated heterocycles. The zero-order chi connectivity index (χ0) is 20.2. The number of para-hydroxylation sites is 1. The summed E-state index contributed by atoms with van der Waals surface area (Å²) in [6, 6.07) is 16.3. The number of rotatable bonds is 7. The average molecular weight is 411 g/mol. The van der Waals surface area contributed by atoms with E-state index in [2.05, 4.69) is 30.1 Å². The van der Waals surface area contributed by atoms with Gasteiger partial charge in [0.25, 0.3) is 0 Å². The largest absolute Gasteiger partial charge is 0.481 e. The van der Waals surface area contributed by atoms with Crippen LogP contribution in [0.2, 0.25) is 0 Å². The van der Waals surface area contributed by atoms with Gasteiger partial charge in [-0.05, 0) is 49.6 Å². The summed E-state index contributed by atoms with van der Waals surface area (Å²) < 4.78 is 7.78. The monoisotopic (exact) mass is 410 g/mol. The molecule has 0 saturated carbocycles. The van der Waals surface area contributed by atoms with Gasteiger partial charge in [0, 0.05) is 19.5 Å². The average Bonchev–Trinajstić information content (AvgIpc) is 3.16. The fraction of sp³-hybridized carbons (Fsp3) is 0.391. The molecule has 1 aliphatic heterocycles. The van der Waals surface area contributed by atoms with Gasteiger partial charge in [-0.25, -0.2) is 4.98 Å². The molecule has 6 heteroatoms. The van der Waals surface area contributed by atoms with Crippen LogP contribution in [0.4, 0.5) is 0 Å². The van der Waals surface area contributed by atoms with Crippen LogP contribution in [0.3, 0.4) is 0 Å². The van der Waals surface area contributed by atoms with Crippen LogP contribution in [0.5, 0.6) is 0 Å². The first-order valence-electron chi connectivity index (χ1n) is 10.1. The maximum atomic E-state index is 11.0. The standard InChI is InChI=1S/C23H26N2O3S/c1-25-13-11-18(12-14-25)28-22(23-24-19-7-2-3-8-20(19)29-23)17-6-4-5-16(15-17)9-10-21(26)27/h2-8,15,18,22H,9-14H2,1H3,(H,26,27). The van der Waals surface area contributed by atoms with Gasteiger partial charge in [-0.15, -0.1) is 11.3 Å². The lowest BCUT2D eigenvalue weighted by atomic mass is 10.0. The number of aliphatic carboxylic acids is 1. The molecule has 0 bridgehead atoms. The molecule has 1 N–H and O–H groups in total. The number of fused-ring (bicyclic) bond motifs is 1. The van der Waals surface area contributed by atoms with E-state index >= 15 is 0 Å². The summed E-state index contributed by atoms with van der Waals surface area (Å²) in [6.45, 7) is 2.08. The third-order valence-corrected chi connectivity index (χ3v) is 6.49. The van der Waals surface area contributed by atoms with Crippen molar-refractivity contribution in [3.05, 3.63) is 64.7 Å². The quantitative estimate of drug-likeness (QED) is 0.621. The maximum absolute atomic E-state index is 11.0. The third-order valence-electron chi connectivity index (χ3n) is 5.41. The normalized spacial score (nSPS) is 16.9. The molecule has 0 radical (unpaired) electrons. The molecule has 2 heterocycles. The number of carboxylic acid groups (broad SMARTS) is 1. The maximum Gasteiger partial charge on any atom is 0.303 e. The van der Waals surface area contributed by atoms with Crippen molar-refractivity contribution < 1.29 is 14.6 Å². The van der Waals surface area contributed by atoms with Crippen LogP contribution in [0.1, 0.15) is 41.5 Å². The van der Waals surface area contributed by atoms with E-state index in [0.717, 1.165) is 52.3 Å². The summed E-state index contributed by atoms with van der Waals surface area (Å²) in [4.78, 5) is 18.2.